The maximum Gasteiger partial charge on any atom is 0.255 e. The molecule has 0 spiro atoms. The molecule has 1 amide bonds. The molecule has 0 saturated heterocycles. The van der Waals surface area contributed by atoms with Gasteiger partial charge in [-0.2, -0.15) is 0 Å². The first-order valence-electron chi connectivity index (χ1n) is 6.82. The fourth-order valence-electron chi connectivity index (χ4n) is 2.19. The lowest BCUT2D eigenvalue weighted by atomic mass is 9.98. The molecule has 2 aromatic rings. The highest BCUT2D eigenvalue weighted by Gasteiger charge is 2.19. The van der Waals surface area contributed by atoms with Crippen molar-refractivity contribution in [2.24, 2.45) is 5.92 Å². The highest BCUT2D eigenvalue weighted by Crippen LogP contribution is 2.21. The second-order valence-electron chi connectivity index (χ2n) is 5.33. The van der Waals surface area contributed by atoms with Crippen LogP contribution >= 0.6 is 0 Å². The summed E-state index contributed by atoms with van der Waals surface area (Å²) in [5, 5.41) is 3.07. The van der Waals surface area contributed by atoms with Gasteiger partial charge in [0.2, 0.25) is 0 Å². The third-order valence-corrected chi connectivity index (χ3v) is 3.20. The first-order valence-corrected chi connectivity index (χ1v) is 6.82. The Bertz CT molecular complexity index is 561. The molecule has 0 saturated carbocycles. The monoisotopic (exact) mass is 272 g/mol. The highest BCUT2D eigenvalue weighted by atomic mass is 16.3. The van der Waals surface area contributed by atoms with Crippen molar-refractivity contribution in [3.05, 3.63) is 53.7 Å². The van der Waals surface area contributed by atoms with E-state index in [1.54, 1.807) is 25.4 Å². The van der Waals surface area contributed by atoms with Gasteiger partial charge in [-0.3, -0.25) is 9.78 Å². The van der Waals surface area contributed by atoms with Crippen molar-refractivity contribution in [2.75, 3.05) is 0 Å². The van der Waals surface area contributed by atoms with Crippen LogP contribution in [-0.2, 0) is 0 Å². The SMILES string of the molecule is Cc1occc1C(=O)N[C@@H](CC(C)C)c1cccnc1. The lowest BCUT2D eigenvalue weighted by Gasteiger charge is -2.20. The van der Waals surface area contributed by atoms with E-state index in [1.807, 2.05) is 12.1 Å². The third kappa shape index (κ3) is 3.47. The number of hydrogen-bond donors (Lipinski definition) is 1. The minimum absolute atomic E-state index is 0.0366. The fraction of sp³-hybridized carbons (Fsp3) is 0.375. The summed E-state index contributed by atoms with van der Waals surface area (Å²) >= 11 is 0. The Morgan fingerprint density at radius 2 is 2.20 bits per heavy atom. The zero-order valence-electron chi connectivity index (χ0n) is 12.1. The van der Waals surface area contributed by atoms with Gasteiger partial charge in [0.15, 0.2) is 0 Å². The Morgan fingerprint density at radius 1 is 1.40 bits per heavy atom. The quantitative estimate of drug-likeness (QED) is 0.906. The molecule has 0 unspecified atom stereocenters. The van der Waals surface area contributed by atoms with Crippen LogP contribution in [-0.4, -0.2) is 10.9 Å². The van der Waals surface area contributed by atoms with Crippen molar-refractivity contribution < 1.29 is 9.21 Å². The number of furan rings is 1. The Morgan fingerprint density at radius 3 is 2.75 bits per heavy atom. The number of rotatable bonds is 5. The number of nitrogens with zero attached hydrogens (tertiary/aromatic N) is 1. The van der Waals surface area contributed by atoms with Crippen molar-refractivity contribution >= 4 is 5.91 Å². The van der Waals surface area contributed by atoms with Gasteiger partial charge in [-0.15, -0.1) is 0 Å². The van der Waals surface area contributed by atoms with E-state index in [9.17, 15) is 4.79 Å². The molecule has 0 radical (unpaired) electrons. The number of amides is 1. The number of carbonyl (C=O) groups excluding carboxylic acids is 1. The van der Waals surface area contributed by atoms with Crippen molar-refractivity contribution in [1.29, 1.82) is 0 Å². The van der Waals surface area contributed by atoms with Crippen LogP contribution in [0, 0.1) is 12.8 Å². The predicted molar refractivity (Wildman–Crippen MR) is 77.3 cm³/mol. The fourth-order valence-corrected chi connectivity index (χ4v) is 2.19. The molecule has 0 fully saturated rings. The highest BCUT2D eigenvalue weighted by molar-refractivity contribution is 5.95. The largest absolute Gasteiger partial charge is 0.469 e. The Balaban J connectivity index is 2.16. The summed E-state index contributed by atoms with van der Waals surface area (Å²) in [5.74, 6) is 1.01. The van der Waals surface area contributed by atoms with Crippen molar-refractivity contribution in [2.45, 2.75) is 33.2 Å². The zero-order chi connectivity index (χ0) is 14.5. The number of nitrogens with one attached hydrogen (secondary N) is 1. The topological polar surface area (TPSA) is 55.1 Å². The van der Waals surface area contributed by atoms with Crippen molar-refractivity contribution in [3.8, 4) is 0 Å². The minimum atomic E-state index is -0.106. The van der Waals surface area contributed by atoms with Crippen LogP contribution in [0.3, 0.4) is 0 Å². The minimum Gasteiger partial charge on any atom is -0.469 e. The first-order chi connectivity index (χ1) is 9.58. The van der Waals surface area contributed by atoms with E-state index < -0.39 is 0 Å². The van der Waals surface area contributed by atoms with E-state index in [-0.39, 0.29) is 11.9 Å². The van der Waals surface area contributed by atoms with Crippen LogP contribution in [0.4, 0.5) is 0 Å². The molecule has 0 aliphatic heterocycles. The average molecular weight is 272 g/mol. The maximum absolute atomic E-state index is 12.3. The number of aryl methyl sites for hydroxylation is 1. The third-order valence-electron chi connectivity index (χ3n) is 3.20. The molecule has 4 nitrogen and oxygen atoms in total. The molecule has 0 aliphatic carbocycles. The van der Waals surface area contributed by atoms with Crippen molar-refractivity contribution in [3.63, 3.8) is 0 Å². The van der Waals surface area contributed by atoms with Gasteiger partial charge in [-0.05, 0) is 37.0 Å². The van der Waals surface area contributed by atoms with Crippen LogP contribution in [0.25, 0.3) is 0 Å². The summed E-state index contributed by atoms with van der Waals surface area (Å²) in [7, 11) is 0. The molecule has 106 valence electrons. The van der Waals surface area contributed by atoms with Gasteiger partial charge in [0, 0.05) is 12.4 Å². The van der Waals surface area contributed by atoms with Gasteiger partial charge < -0.3 is 9.73 Å². The van der Waals surface area contributed by atoms with Gasteiger partial charge in [0.1, 0.15) is 5.76 Å². The molecule has 2 aromatic heterocycles. The maximum atomic E-state index is 12.3. The summed E-state index contributed by atoms with van der Waals surface area (Å²) < 4.78 is 5.18. The second kappa shape index (κ2) is 6.37. The Hall–Kier alpha value is -2.10. The van der Waals surface area contributed by atoms with Gasteiger partial charge >= 0.3 is 0 Å². The molecule has 2 rings (SSSR count). The number of pyridine rings is 1. The van der Waals surface area contributed by atoms with Crippen LogP contribution in [0.2, 0.25) is 0 Å². The molecule has 0 aliphatic rings. The van der Waals surface area contributed by atoms with E-state index in [1.165, 1.54) is 6.26 Å². The lowest BCUT2D eigenvalue weighted by Crippen LogP contribution is -2.29. The van der Waals surface area contributed by atoms with E-state index in [0.717, 1.165) is 12.0 Å². The molecule has 1 N–H and O–H groups in total. The van der Waals surface area contributed by atoms with Crippen LogP contribution < -0.4 is 5.32 Å². The van der Waals surface area contributed by atoms with Crippen molar-refractivity contribution in [1.82, 2.24) is 10.3 Å². The predicted octanol–water partition coefficient (Wildman–Crippen LogP) is 3.50. The molecule has 2 heterocycles. The van der Waals surface area contributed by atoms with Crippen LogP contribution in [0.15, 0.2) is 41.3 Å². The zero-order valence-corrected chi connectivity index (χ0v) is 12.1. The molecule has 0 bridgehead atoms. The molecule has 4 heteroatoms. The normalized spacial score (nSPS) is 12.4. The first kappa shape index (κ1) is 14.3. The van der Waals surface area contributed by atoms with E-state index in [0.29, 0.717) is 17.2 Å². The average Bonchev–Trinajstić information content (AvgIpc) is 2.85. The summed E-state index contributed by atoms with van der Waals surface area (Å²) in [4.78, 5) is 16.4. The summed E-state index contributed by atoms with van der Waals surface area (Å²) in [5.41, 5.74) is 1.61. The molecule has 20 heavy (non-hydrogen) atoms. The number of carbonyl (C=O) groups is 1. The molecular formula is C16H20N2O2. The smallest absolute Gasteiger partial charge is 0.255 e. The summed E-state index contributed by atoms with van der Waals surface area (Å²) in [6.45, 7) is 6.06. The molecule has 1 atom stereocenters. The van der Waals surface area contributed by atoms with Crippen LogP contribution in [0.1, 0.15) is 48.0 Å². The molecular weight excluding hydrogens is 252 g/mol. The molecule has 0 aromatic carbocycles. The lowest BCUT2D eigenvalue weighted by molar-refractivity contribution is 0.0930. The Labute approximate surface area is 119 Å². The summed E-state index contributed by atoms with van der Waals surface area (Å²) in [6, 6.07) is 5.53. The van der Waals surface area contributed by atoms with Gasteiger partial charge in [0.05, 0.1) is 17.9 Å². The van der Waals surface area contributed by atoms with E-state index in [4.69, 9.17) is 4.42 Å². The standard InChI is InChI=1S/C16H20N2O2/c1-11(2)9-15(13-5-4-7-17-10-13)18-16(19)14-6-8-20-12(14)3/h4-8,10-11,15H,9H2,1-3H3,(H,18,19)/t15-/m0/s1. The second-order valence-corrected chi connectivity index (χ2v) is 5.33. The van der Waals surface area contributed by atoms with Gasteiger partial charge in [-0.25, -0.2) is 0 Å². The number of aromatic nitrogens is 1. The van der Waals surface area contributed by atoms with E-state index >= 15 is 0 Å². The Kier molecular flexibility index (Phi) is 4.56. The summed E-state index contributed by atoms with van der Waals surface area (Å²) in [6.07, 6.45) is 5.94. The number of hydrogen-bond acceptors (Lipinski definition) is 3. The van der Waals surface area contributed by atoms with Crippen LogP contribution in [0.5, 0.6) is 0 Å². The van der Waals surface area contributed by atoms with Gasteiger partial charge in [-0.1, -0.05) is 19.9 Å². The van der Waals surface area contributed by atoms with Gasteiger partial charge in [0.25, 0.3) is 5.91 Å². The van der Waals surface area contributed by atoms with E-state index in [2.05, 4.69) is 24.1 Å².